The molecule has 1 aliphatic heterocycles. The summed E-state index contributed by atoms with van der Waals surface area (Å²) in [5.41, 5.74) is 1.38. The number of aromatic nitrogens is 5. The minimum absolute atomic E-state index is 0.118. The molecule has 5 heterocycles. The Labute approximate surface area is 211 Å². The molecule has 1 saturated heterocycles. The molecule has 6 rings (SSSR count). The summed E-state index contributed by atoms with van der Waals surface area (Å²) in [4.78, 5) is 53.8. The van der Waals surface area contributed by atoms with Gasteiger partial charge >= 0.3 is 0 Å². The van der Waals surface area contributed by atoms with E-state index in [1.807, 2.05) is 19.1 Å². The summed E-state index contributed by atoms with van der Waals surface area (Å²) in [5, 5.41) is 7.93. The zero-order valence-corrected chi connectivity index (χ0v) is 20.4. The molecule has 0 bridgehead atoms. The van der Waals surface area contributed by atoms with E-state index in [4.69, 9.17) is 4.42 Å². The number of aryl methyl sites for hydroxylation is 1. The normalized spacial score (nSPS) is 22.2. The molecule has 0 spiro atoms. The highest BCUT2D eigenvalue weighted by Crippen LogP contribution is 2.61. The van der Waals surface area contributed by atoms with E-state index in [1.165, 1.54) is 17.9 Å². The van der Waals surface area contributed by atoms with Crippen LogP contribution >= 0.6 is 0 Å². The van der Waals surface area contributed by atoms with Crippen LogP contribution in [-0.4, -0.2) is 59.3 Å². The second-order valence-corrected chi connectivity index (χ2v) is 9.81. The Bertz CT molecular complexity index is 1530. The summed E-state index contributed by atoms with van der Waals surface area (Å²) in [6.07, 6.45) is 8.09. The first-order valence-electron chi connectivity index (χ1n) is 12.1. The molecular weight excluding hydrogens is 474 g/mol. The lowest BCUT2D eigenvalue weighted by molar-refractivity contribution is -0.138. The summed E-state index contributed by atoms with van der Waals surface area (Å²) in [7, 11) is 0. The van der Waals surface area contributed by atoms with Gasteiger partial charge in [0.05, 0.1) is 17.9 Å². The van der Waals surface area contributed by atoms with E-state index in [0.717, 1.165) is 12.1 Å². The predicted octanol–water partition coefficient (Wildman–Crippen LogP) is 2.57. The van der Waals surface area contributed by atoms with Crippen molar-refractivity contribution in [3.63, 3.8) is 0 Å². The fraction of sp³-hybridized carbons (Fsp3) is 0.346. The Morgan fingerprint density at radius 1 is 1.19 bits per heavy atom. The van der Waals surface area contributed by atoms with Crippen molar-refractivity contribution in [3.05, 3.63) is 66.4 Å². The van der Waals surface area contributed by atoms with Crippen LogP contribution in [0.2, 0.25) is 0 Å². The molecule has 0 aromatic carbocycles. The number of rotatable bonds is 7. The third-order valence-corrected chi connectivity index (χ3v) is 7.31. The van der Waals surface area contributed by atoms with E-state index in [2.05, 4.69) is 25.4 Å². The van der Waals surface area contributed by atoms with E-state index in [1.54, 1.807) is 35.6 Å². The SMILES string of the molecule is CC(=O)c1nn(CC(=O)N2[C@H](C(=O)Nc3cccc(C)n3)C[C@@]3(Cc4ncco4)C[C@@H]23)c2cnccc12. The molecule has 2 amide bonds. The fourth-order valence-corrected chi connectivity index (χ4v) is 5.54. The van der Waals surface area contributed by atoms with Crippen LogP contribution in [0.25, 0.3) is 10.9 Å². The highest BCUT2D eigenvalue weighted by atomic mass is 16.3. The maximum absolute atomic E-state index is 13.8. The lowest BCUT2D eigenvalue weighted by Crippen LogP contribution is -2.46. The van der Waals surface area contributed by atoms with Crippen molar-refractivity contribution in [2.24, 2.45) is 5.41 Å². The number of pyridine rings is 2. The third kappa shape index (κ3) is 4.05. The van der Waals surface area contributed by atoms with E-state index in [0.29, 0.717) is 35.5 Å². The monoisotopic (exact) mass is 499 g/mol. The van der Waals surface area contributed by atoms with Gasteiger partial charge in [-0.25, -0.2) is 9.97 Å². The van der Waals surface area contributed by atoms with Crippen LogP contribution in [0.3, 0.4) is 0 Å². The van der Waals surface area contributed by atoms with Crippen molar-refractivity contribution < 1.29 is 18.8 Å². The zero-order chi connectivity index (χ0) is 25.7. The van der Waals surface area contributed by atoms with Crippen LogP contribution < -0.4 is 5.32 Å². The van der Waals surface area contributed by atoms with Gasteiger partial charge in [-0.3, -0.25) is 24.0 Å². The number of fused-ring (bicyclic) bond motifs is 2. The number of carbonyl (C=O) groups is 3. The topological polar surface area (TPSA) is 136 Å². The van der Waals surface area contributed by atoms with Crippen molar-refractivity contribution in [2.45, 2.75) is 51.7 Å². The predicted molar refractivity (Wildman–Crippen MR) is 131 cm³/mol. The molecule has 1 aliphatic carbocycles. The van der Waals surface area contributed by atoms with Crippen LogP contribution in [0.1, 0.15) is 41.8 Å². The van der Waals surface area contributed by atoms with E-state index >= 15 is 0 Å². The van der Waals surface area contributed by atoms with Gasteiger partial charge in [0.25, 0.3) is 0 Å². The van der Waals surface area contributed by atoms with Crippen molar-refractivity contribution >= 4 is 34.3 Å². The highest BCUT2D eigenvalue weighted by molar-refractivity contribution is 6.05. The van der Waals surface area contributed by atoms with E-state index in [9.17, 15) is 14.4 Å². The number of piperidine rings is 1. The zero-order valence-electron chi connectivity index (χ0n) is 20.4. The first-order chi connectivity index (χ1) is 17.8. The number of nitrogens with one attached hydrogen (secondary N) is 1. The Hall–Kier alpha value is -4.41. The van der Waals surface area contributed by atoms with Crippen LogP contribution in [0.5, 0.6) is 0 Å². The van der Waals surface area contributed by atoms with Gasteiger partial charge in [0, 0.05) is 42.1 Å². The molecule has 11 nitrogen and oxygen atoms in total. The van der Waals surface area contributed by atoms with Gasteiger partial charge in [0.1, 0.15) is 30.4 Å². The number of hydrogen-bond donors (Lipinski definition) is 1. The van der Waals surface area contributed by atoms with Gasteiger partial charge in [-0.1, -0.05) is 6.07 Å². The maximum atomic E-state index is 13.8. The molecule has 188 valence electrons. The molecule has 0 radical (unpaired) electrons. The third-order valence-electron chi connectivity index (χ3n) is 7.31. The molecule has 11 heteroatoms. The number of anilines is 1. The highest BCUT2D eigenvalue weighted by Gasteiger charge is 2.67. The lowest BCUT2D eigenvalue weighted by atomic mass is 9.95. The summed E-state index contributed by atoms with van der Waals surface area (Å²) >= 11 is 0. The summed E-state index contributed by atoms with van der Waals surface area (Å²) in [6, 6.07) is 6.29. The smallest absolute Gasteiger partial charge is 0.248 e. The number of ketones is 1. The van der Waals surface area contributed by atoms with Crippen molar-refractivity contribution in [1.29, 1.82) is 0 Å². The molecule has 4 aromatic rings. The largest absolute Gasteiger partial charge is 0.449 e. The summed E-state index contributed by atoms with van der Waals surface area (Å²) in [5.74, 6) is 0.291. The summed E-state index contributed by atoms with van der Waals surface area (Å²) < 4.78 is 6.97. The number of carbonyl (C=O) groups excluding carboxylic acids is 3. The molecule has 0 unspecified atom stereocenters. The van der Waals surface area contributed by atoms with Crippen LogP contribution in [0.4, 0.5) is 5.82 Å². The van der Waals surface area contributed by atoms with Gasteiger partial charge in [-0.05, 0) is 38.0 Å². The molecule has 1 saturated carbocycles. The van der Waals surface area contributed by atoms with Gasteiger partial charge in [0.2, 0.25) is 11.8 Å². The van der Waals surface area contributed by atoms with Crippen molar-refractivity contribution in [3.8, 4) is 0 Å². The fourth-order valence-electron chi connectivity index (χ4n) is 5.54. The Morgan fingerprint density at radius 2 is 2.05 bits per heavy atom. The maximum Gasteiger partial charge on any atom is 0.248 e. The van der Waals surface area contributed by atoms with E-state index in [-0.39, 0.29) is 41.3 Å². The average molecular weight is 500 g/mol. The van der Waals surface area contributed by atoms with Crippen molar-refractivity contribution in [2.75, 3.05) is 5.32 Å². The number of Topliss-reactive ketones (excluding diaryl/α,β-unsaturated/α-hetero) is 1. The van der Waals surface area contributed by atoms with Gasteiger partial charge in [-0.15, -0.1) is 0 Å². The molecule has 4 aromatic heterocycles. The van der Waals surface area contributed by atoms with Gasteiger partial charge in [-0.2, -0.15) is 5.10 Å². The molecular formula is C26H25N7O4. The molecule has 2 fully saturated rings. The first kappa shape index (κ1) is 23.0. The Balaban J connectivity index is 1.30. The number of nitrogens with zero attached hydrogens (tertiary/aromatic N) is 6. The van der Waals surface area contributed by atoms with Crippen molar-refractivity contribution in [1.82, 2.24) is 29.6 Å². The first-order valence-corrected chi connectivity index (χ1v) is 12.1. The summed E-state index contributed by atoms with van der Waals surface area (Å²) in [6.45, 7) is 3.17. The van der Waals surface area contributed by atoms with E-state index < -0.39 is 6.04 Å². The quantitative estimate of drug-likeness (QED) is 0.383. The molecule has 37 heavy (non-hydrogen) atoms. The lowest BCUT2D eigenvalue weighted by Gasteiger charge is -2.26. The number of likely N-dealkylation sites (tertiary alicyclic amines) is 1. The standard InChI is InChI=1S/C26H25N7O4/c1-15-4-3-5-21(29-15)30-25(36)18-10-26(12-22-28-8-9-37-22)11-20(26)33(18)23(35)14-32-19-13-27-7-6-17(19)24(31-32)16(2)34/h3-9,13,18,20H,10-12,14H2,1-2H3,(H,29,30,36)/t18-,20+,26-/m0/s1. The van der Waals surface area contributed by atoms with Crippen LogP contribution in [-0.2, 0) is 22.6 Å². The van der Waals surface area contributed by atoms with Gasteiger partial charge in [0.15, 0.2) is 11.7 Å². The number of hydrogen-bond acceptors (Lipinski definition) is 8. The van der Waals surface area contributed by atoms with Crippen LogP contribution in [0, 0.1) is 12.3 Å². The average Bonchev–Trinajstić information content (AvgIpc) is 3.22. The number of amides is 2. The Morgan fingerprint density at radius 3 is 2.81 bits per heavy atom. The van der Waals surface area contributed by atoms with Gasteiger partial charge < -0.3 is 14.6 Å². The minimum Gasteiger partial charge on any atom is -0.449 e. The van der Waals surface area contributed by atoms with Crippen LogP contribution in [0.15, 0.2) is 53.5 Å². The molecule has 2 aliphatic rings. The molecule has 1 N–H and O–H groups in total. The minimum atomic E-state index is -0.684. The number of oxazole rings is 1. The second-order valence-electron chi connectivity index (χ2n) is 9.81. The second kappa shape index (κ2) is 8.61. The Kier molecular flexibility index (Phi) is 5.36. The molecule has 3 atom stereocenters.